The number of amides is 1. The summed E-state index contributed by atoms with van der Waals surface area (Å²) in [6.45, 7) is 4.37. The molecule has 0 radical (unpaired) electrons. The minimum Gasteiger partial charge on any atom is -0.347 e. The highest BCUT2D eigenvalue weighted by Gasteiger charge is 2.25. The Morgan fingerprint density at radius 3 is 2.03 bits per heavy atom. The molecule has 2 aromatic rings. The second-order valence-corrected chi connectivity index (χ2v) is 11.0. The molecule has 0 saturated heterocycles. The van der Waals surface area contributed by atoms with Gasteiger partial charge in [-0.1, -0.05) is 26.0 Å². The molecule has 0 saturated carbocycles. The minimum absolute atomic E-state index is 0.0668. The summed E-state index contributed by atoms with van der Waals surface area (Å²) in [5.41, 5.74) is 0.929. The lowest BCUT2D eigenvalue weighted by atomic mass is 10.2. The zero-order valence-electron chi connectivity index (χ0n) is 17.8. The van der Waals surface area contributed by atoms with Gasteiger partial charge in [-0.05, 0) is 23.8 Å². The number of carbonyl (C=O) groups excluding carboxylic acids is 1. The Morgan fingerprint density at radius 1 is 0.967 bits per heavy atom. The van der Waals surface area contributed by atoms with Crippen molar-refractivity contribution in [1.82, 2.24) is 18.5 Å². The summed E-state index contributed by atoms with van der Waals surface area (Å²) >= 11 is 0. The molecule has 1 N–H and O–H groups in total. The smallest absolute Gasteiger partial charge is 0.268 e. The van der Waals surface area contributed by atoms with Crippen molar-refractivity contribution in [3.8, 4) is 0 Å². The molecule has 0 spiro atoms. The van der Waals surface area contributed by atoms with E-state index in [9.17, 15) is 21.6 Å². The Labute approximate surface area is 178 Å². The van der Waals surface area contributed by atoms with E-state index in [1.54, 1.807) is 33.0 Å². The maximum Gasteiger partial charge on any atom is 0.268 e. The van der Waals surface area contributed by atoms with Crippen molar-refractivity contribution in [3.05, 3.63) is 47.8 Å². The van der Waals surface area contributed by atoms with E-state index in [-0.39, 0.29) is 22.0 Å². The van der Waals surface area contributed by atoms with Gasteiger partial charge in [0.15, 0.2) is 0 Å². The van der Waals surface area contributed by atoms with Crippen LogP contribution >= 0.6 is 0 Å². The highest BCUT2D eigenvalue weighted by Crippen LogP contribution is 2.19. The van der Waals surface area contributed by atoms with E-state index < -0.39 is 26.0 Å². The summed E-state index contributed by atoms with van der Waals surface area (Å²) in [5, 5.41) is 2.73. The number of aryl methyl sites for hydroxylation is 1. The van der Waals surface area contributed by atoms with Crippen molar-refractivity contribution in [2.24, 2.45) is 7.05 Å². The topological polar surface area (TPSA) is 109 Å². The van der Waals surface area contributed by atoms with Crippen molar-refractivity contribution in [1.29, 1.82) is 0 Å². The number of benzene rings is 1. The van der Waals surface area contributed by atoms with Crippen LogP contribution in [0.25, 0.3) is 0 Å². The van der Waals surface area contributed by atoms with Crippen molar-refractivity contribution in [3.63, 3.8) is 0 Å². The molecule has 2 rings (SSSR count). The average molecular weight is 457 g/mol. The van der Waals surface area contributed by atoms with E-state index in [1.807, 2.05) is 0 Å². The van der Waals surface area contributed by atoms with Crippen LogP contribution in [0, 0.1) is 0 Å². The van der Waals surface area contributed by atoms with Gasteiger partial charge in [0, 0.05) is 47.0 Å². The van der Waals surface area contributed by atoms with Gasteiger partial charge in [0.1, 0.15) is 10.6 Å². The molecule has 11 heteroatoms. The van der Waals surface area contributed by atoms with E-state index in [2.05, 4.69) is 5.32 Å². The fourth-order valence-corrected chi connectivity index (χ4v) is 5.31. The van der Waals surface area contributed by atoms with Crippen molar-refractivity contribution >= 4 is 26.0 Å². The lowest BCUT2D eigenvalue weighted by Gasteiger charge is -2.17. The highest BCUT2D eigenvalue weighted by molar-refractivity contribution is 7.89. The molecule has 30 heavy (non-hydrogen) atoms. The zero-order valence-corrected chi connectivity index (χ0v) is 19.4. The summed E-state index contributed by atoms with van der Waals surface area (Å²) in [4.78, 5) is 12.8. The van der Waals surface area contributed by atoms with E-state index >= 15 is 0 Å². The standard InChI is InChI=1S/C19H28N4O5S2/c1-6-23(7-2)30(27,28)17-12-18(22(5)14-17)19(24)20-13-15-8-10-16(11-9-15)29(25,26)21(3)4/h8-12,14H,6-7,13H2,1-5H3,(H,20,24). The normalized spacial score (nSPS) is 12.5. The molecule has 1 amide bonds. The van der Waals surface area contributed by atoms with Gasteiger partial charge in [-0.15, -0.1) is 0 Å². The summed E-state index contributed by atoms with van der Waals surface area (Å²) in [6, 6.07) is 7.56. The monoisotopic (exact) mass is 456 g/mol. The first kappa shape index (κ1) is 24.1. The lowest BCUT2D eigenvalue weighted by molar-refractivity contribution is 0.0942. The third-order valence-corrected chi connectivity index (χ3v) is 8.56. The Morgan fingerprint density at radius 2 is 1.53 bits per heavy atom. The van der Waals surface area contributed by atoms with Gasteiger partial charge < -0.3 is 9.88 Å². The van der Waals surface area contributed by atoms with Gasteiger partial charge in [-0.25, -0.2) is 21.1 Å². The van der Waals surface area contributed by atoms with Crippen LogP contribution in [0.3, 0.4) is 0 Å². The Hall–Kier alpha value is -2.21. The molecule has 1 aromatic heterocycles. The number of nitrogens with zero attached hydrogens (tertiary/aromatic N) is 3. The van der Waals surface area contributed by atoms with Crippen molar-refractivity contribution in [2.45, 2.75) is 30.2 Å². The summed E-state index contributed by atoms with van der Waals surface area (Å²) < 4.78 is 53.4. The molecule has 1 heterocycles. The van der Waals surface area contributed by atoms with Crippen molar-refractivity contribution in [2.75, 3.05) is 27.2 Å². The Kier molecular flexibility index (Phi) is 7.45. The number of carbonyl (C=O) groups is 1. The molecule has 9 nitrogen and oxygen atoms in total. The summed E-state index contributed by atoms with van der Waals surface area (Å²) in [5.74, 6) is -0.427. The molecular formula is C19H28N4O5S2. The zero-order chi connectivity index (χ0) is 22.7. The third-order valence-electron chi connectivity index (χ3n) is 4.71. The first-order valence-corrected chi connectivity index (χ1v) is 12.3. The van der Waals surface area contributed by atoms with Crippen LogP contribution in [0.2, 0.25) is 0 Å². The van der Waals surface area contributed by atoms with E-state index in [1.165, 1.54) is 47.4 Å². The van der Waals surface area contributed by atoms with Crippen LogP contribution in [0.5, 0.6) is 0 Å². The average Bonchev–Trinajstić information content (AvgIpc) is 3.09. The predicted molar refractivity (Wildman–Crippen MR) is 114 cm³/mol. The summed E-state index contributed by atoms with van der Waals surface area (Å²) in [7, 11) is -2.65. The van der Waals surface area contributed by atoms with Crippen LogP contribution in [-0.4, -0.2) is 63.1 Å². The second kappa shape index (κ2) is 9.29. The maximum atomic E-state index is 12.7. The highest BCUT2D eigenvalue weighted by atomic mass is 32.2. The van der Waals surface area contributed by atoms with Gasteiger partial charge in [-0.2, -0.15) is 4.31 Å². The van der Waals surface area contributed by atoms with Gasteiger partial charge in [-0.3, -0.25) is 4.79 Å². The predicted octanol–water partition coefficient (Wildman–Crippen LogP) is 1.24. The largest absolute Gasteiger partial charge is 0.347 e. The van der Waals surface area contributed by atoms with Crippen molar-refractivity contribution < 1.29 is 21.6 Å². The van der Waals surface area contributed by atoms with Crippen LogP contribution in [0.15, 0.2) is 46.3 Å². The SMILES string of the molecule is CCN(CC)S(=O)(=O)c1cc(C(=O)NCc2ccc(S(=O)(=O)N(C)C)cc2)n(C)c1. The Balaban J connectivity index is 2.14. The number of hydrogen-bond donors (Lipinski definition) is 1. The molecular weight excluding hydrogens is 428 g/mol. The fourth-order valence-electron chi connectivity index (χ4n) is 2.88. The number of sulfonamides is 2. The first-order chi connectivity index (χ1) is 13.9. The lowest BCUT2D eigenvalue weighted by Crippen LogP contribution is -2.30. The van der Waals surface area contributed by atoms with Gasteiger partial charge in [0.05, 0.1) is 4.90 Å². The molecule has 0 unspecified atom stereocenters. The molecule has 1 aromatic carbocycles. The third kappa shape index (κ3) is 4.91. The summed E-state index contributed by atoms with van der Waals surface area (Å²) in [6.07, 6.45) is 1.42. The quantitative estimate of drug-likeness (QED) is 0.611. The van der Waals surface area contributed by atoms with Crippen LogP contribution < -0.4 is 5.32 Å². The van der Waals surface area contributed by atoms with Crippen LogP contribution in [0.1, 0.15) is 29.9 Å². The van der Waals surface area contributed by atoms with Gasteiger partial charge >= 0.3 is 0 Å². The van der Waals surface area contributed by atoms with E-state index in [4.69, 9.17) is 0 Å². The molecule has 0 aliphatic heterocycles. The fraction of sp³-hybridized carbons (Fsp3) is 0.421. The molecule has 0 aliphatic rings. The molecule has 0 aliphatic carbocycles. The van der Waals surface area contributed by atoms with E-state index in [0.717, 1.165) is 4.31 Å². The number of rotatable bonds is 9. The molecule has 0 atom stereocenters. The number of nitrogens with one attached hydrogen (secondary N) is 1. The number of aromatic nitrogens is 1. The first-order valence-electron chi connectivity index (χ1n) is 9.41. The maximum absolute atomic E-state index is 12.7. The second-order valence-electron chi connectivity index (χ2n) is 6.88. The molecule has 0 bridgehead atoms. The van der Waals surface area contributed by atoms with Gasteiger partial charge in [0.2, 0.25) is 20.0 Å². The van der Waals surface area contributed by atoms with Crippen LogP contribution in [-0.2, 0) is 33.6 Å². The molecule has 166 valence electrons. The molecule has 0 fully saturated rings. The van der Waals surface area contributed by atoms with Gasteiger partial charge in [0.25, 0.3) is 5.91 Å². The minimum atomic E-state index is -3.66. The number of hydrogen-bond acceptors (Lipinski definition) is 5. The van der Waals surface area contributed by atoms with Crippen LogP contribution in [0.4, 0.5) is 0 Å². The van der Waals surface area contributed by atoms with E-state index in [0.29, 0.717) is 18.7 Å². The Bertz CT molecular complexity index is 1100.